The third-order valence-electron chi connectivity index (χ3n) is 3.96. The number of benzene rings is 1. The number of thioether (sulfide) groups is 1. The molecule has 0 amide bonds. The van der Waals surface area contributed by atoms with Gasteiger partial charge in [-0.2, -0.15) is 0 Å². The van der Waals surface area contributed by atoms with E-state index in [2.05, 4.69) is 11.2 Å². The Morgan fingerprint density at radius 1 is 1.35 bits per heavy atom. The number of hydrogen-bond acceptors (Lipinski definition) is 4. The van der Waals surface area contributed by atoms with Crippen LogP contribution in [0.3, 0.4) is 0 Å². The predicted molar refractivity (Wildman–Crippen MR) is 77.4 cm³/mol. The fourth-order valence-corrected chi connectivity index (χ4v) is 3.74. The van der Waals surface area contributed by atoms with Gasteiger partial charge in [0, 0.05) is 16.4 Å². The van der Waals surface area contributed by atoms with Crippen LogP contribution >= 0.6 is 11.8 Å². The highest BCUT2D eigenvalue weighted by molar-refractivity contribution is 7.99. The van der Waals surface area contributed by atoms with Crippen molar-refractivity contribution in [1.29, 1.82) is 0 Å². The molecule has 4 heteroatoms. The average Bonchev–Trinajstić information content (AvgIpc) is 3.23. The number of aryl methyl sites for hydroxylation is 1. The highest BCUT2D eigenvalue weighted by Gasteiger charge is 2.32. The zero-order valence-corrected chi connectivity index (χ0v) is 11.9. The standard InChI is InChI=1S/C16H15NO2S/c18-15(13-9-17-19-16(13)10-3-4-10)12-5-6-14-11(8-12)2-1-7-20-14/h5-6,8-10H,1-4,7H2. The molecule has 2 aromatic rings. The molecule has 1 aliphatic carbocycles. The molecular formula is C16H15NO2S. The Morgan fingerprint density at radius 2 is 2.25 bits per heavy atom. The van der Waals surface area contributed by atoms with Crippen molar-refractivity contribution in [3.8, 4) is 0 Å². The summed E-state index contributed by atoms with van der Waals surface area (Å²) in [5.74, 6) is 2.41. The monoisotopic (exact) mass is 285 g/mol. The Bertz CT molecular complexity index is 673. The van der Waals surface area contributed by atoms with Gasteiger partial charge < -0.3 is 4.52 Å². The van der Waals surface area contributed by atoms with E-state index in [-0.39, 0.29) is 5.78 Å². The number of fused-ring (bicyclic) bond motifs is 1. The van der Waals surface area contributed by atoms with Crippen LogP contribution in [0.4, 0.5) is 0 Å². The molecule has 1 fully saturated rings. The molecule has 0 radical (unpaired) electrons. The Hall–Kier alpha value is -1.55. The minimum atomic E-state index is 0.0477. The van der Waals surface area contributed by atoms with Gasteiger partial charge in [0.1, 0.15) is 0 Å². The van der Waals surface area contributed by atoms with Gasteiger partial charge in [0.25, 0.3) is 0 Å². The van der Waals surface area contributed by atoms with Crippen molar-refractivity contribution in [3.05, 3.63) is 46.8 Å². The lowest BCUT2D eigenvalue weighted by atomic mass is 9.99. The van der Waals surface area contributed by atoms with E-state index in [9.17, 15) is 4.79 Å². The van der Waals surface area contributed by atoms with E-state index in [0.29, 0.717) is 11.5 Å². The van der Waals surface area contributed by atoms with Gasteiger partial charge in [-0.05, 0) is 55.2 Å². The minimum absolute atomic E-state index is 0.0477. The van der Waals surface area contributed by atoms with E-state index < -0.39 is 0 Å². The summed E-state index contributed by atoms with van der Waals surface area (Å²) in [7, 11) is 0. The summed E-state index contributed by atoms with van der Waals surface area (Å²) < 4.78 is 5.27. The molecule has 3 nitrogen and oxygen atoms in total. The largest absolute Gasteiger partial charge is 0.360 e. The van der Waals surface area contributed by atoms with Gasteiger partial charge in [0.2, 0.25) is 0 Å². The van der Waals surface area contributed by atoms with Gasteiger partial charge in [-0.1, -0.05) is 5.16 Å². The van der Waals surface area contributed by atoms with Crippen molar-refractivity contribution in [2.75, 3.05) is 5.75 Å². The fraction of sp³-hybridized carbons (Fsp3) is 0.375. The quantitative estimate of drug-likeness (QED) is 0.804. The maximum atomic E-state index is 12.6. The van der Waals surface area contributed by atoms with Crippen molar-refractivity contribution in [2.45, 2.75) is 36.5 Å². The fourth-order valence-electron chi connectivity index (χ4n) is 2.72. The molecule has 20 heavy (non-hydrogen) atoms. The molecule has 0 unspecified atom stereocenters. The lowest BCUT2D eigenvalue weighted by molar-refractivity contribution is 0.103. The minimum Gasteiger partial charge on any atom is -0.360 e. The second-order valence-electron chi connectivity index (χ2n) is 5.48. The van der Waals surface area contributed by atoms with Crippen molar-refractivity contribution in [2.24, 2.45) is 0 Å². The van der Waals surface area contributed by atoms with Crippen molar-refractivity contribution in [1.82, 2.24) is 5.16 Å². The van der Waals surface area contributed by atoms with Crippen molar-refractivity contribution >= 4 is 17.5 Å². The summed E-state index contributed by atoms with van der Waals surface area (Å²) in [5.41, 5.74) is 2.71. The van der Waals surface area contributed by atoms with Crippen molar-refractivity contribution < 1.29 is 9.32 Å². The number of hydrogen-bond donors (Lipinski definition) is 0. The molecule has 2 heterocycles. The van der Waals surface area contributed by atoms with Crippen LogP contribution in [0.15, 0.2) is 33.8 Å². The molecule has 102 valence electrons. The number of aromatic nitrogens is 1. The van der Waals surface area contributed by atoms with E-state index in [1.165, 1.54) is 22.6 Å². The van der Waals surface area contributed by atoms with Gasteiger partial charge in [0.15, 0.2) is 11.5 Å². The summed E-state index contributed by atoms with van der Waals surface area (Å²) in [4.78, 5) is 14.0. The van der Waals surface area contributed by atoms with Crippen LogP contribution in [0, 0.1) is 0 Å². The van der Waals surface area contributed by atoms with E-state index >= 15 is 0 Å². The van der Waals surface area contributed by atoms with Crippen LogP contribution in [0.25, 0.3) is 0 Å². The number of rotatable bonds is 3. The molecular weight excluding hydrogens is 270 g/mol. The van der Waals surface area contributed by atoms with Gasteiger partial charge in [-0.25, -0.2) is 0 Å². The molecule has 0 atom stereocenters. The molecule has 1 aromatic carbocycles. The van der Waals surface area contributed by atoms with Gasteiger partial charge in [0.05, 0.1) is 11.8 Å². The first-order valence-corrected chi connectivity index (χ1v) is 8.06. The van der Waals surface area contributed by atoms with Gasteiger partial charge >= 0.3 is 0 Å². The first-order chi connectivity index (χ1) is 9.83. The second kappa shape index (κ2) is 4.77. The molecule has 2 aliphatic rings. The Morgan fingerprint density at radius 3 is 3.10 bits per heavy atom. The molecule has 4 rings (SSSR count). The van der Waals surface area contributed by atoms with Crippen molar-refractivity contribution in [3.63, 3.8) is 0 Å². The molecule has 1 aromatic heterocycles. The third kappa shape index (κ3) is 2.08. The van der Waals surface area contributed by atoms with Gasteiger partial charge in [-0.15, -0.1) is 11.8 Å². The predicted octanol–water partition coefficient (Wildman–Crippen LogP) is 3.82. The molecule has 1 aliphatic heterocycles. The molecule has 0 saturated heterocycles. The Kier molecular flexibility index (Phi) is 2.91. The SMILES string of the molecule is O=C(c1ccc2c(c1)CCCS2)c1cnoc1C1CC1. The topological polar surface area (TPSA) is 43.1 Å². The second-order valence-corrected chi connectivity index (χ2v) is 6.62. The maximum Gasteiger partial charge on any atom is 0.198 e. The highest BCUT2D eigenvalue weighted by atomic mass is 32.2. The number of carbonyl (C=O) groups is 1. The van der Waals surface area contributed by atoms with E-state index in [0.717, 1.165) is 30.6 Å². The van der Waals surface area contributed by atoms with Gasteiger partial charge in [-0.3, -0.25) is 4.79 Å². The number of ketones is 1. The van der Waals surface area contributed by atoms with E-state index in [1.807, 2.05) is 23.9 Å². The zero-order chi connectivity index (χ0) is 13.5. The van der Waals surface area contributed by atoms with Crippen LogP contribution in [0.5, 0.6) is 0 Å². The van der Waals surface area contributed by atoms with Crippen LogP contribution in [0.2, 0.25) is 0 Å². The smallest absolute Gasteiger partial charge is 0.198 e. The van der Waals surface area contributed by atoms with Crippen LogP contribution in [-0.4, -0.2) is 16.7 Å². The average molecular weight is 285 g/mol. The van der Waals surface area contributed by atoms with E-state index in [4.69, 9.17) is 4.52 Å². The summed E-state index contributed by atoms with van der Waals surface area (Å²) in [6, 6.07) is 6.06. The Labute approximate surface area is 121 Å². The van der Waals surface area contributed by atoms with E-state index in [1.54, 1.807) is 6.20 Å². The highest BCUT2D eigenvalue weighted by Crippen LogP contribution is 2.42. The summed E-state index contributed by atoms with van der Waals surface area (Å²) in [6.07, 6.45) is 6.05. The van der Waals surface area contributed by atoms with Crippen LogP contribution < -0.4 is 0 Å². The summed E-state index contributed by atoms with van der Waals surface area (Å²) in [5, 5.41) is 3.82. The number of nitrogens with zero attached hydrogens (tertiary/aromatic N) is 1. The molecule has 0 bridgehead atoms. The first-order valence-electron chi connectivity index (χ1n) is 7.08. The lowest BCUT2D eigenvalue weighted by Gasteiger charge is -2.15. The molecule has 0 spiro atoms. The van der Waals surface area contributed by atoms with Crippen LogP contribution in [0.1, 0.15) is 52.4 Å². The molecule has 0 N–H and O–H groups in total. The number of carbonyl (C=O) groups excluding carboxylic acids is 1. The normalized spacial score (nSPS) is 17.8. The third-order valence-corrected chi connectivity index (χ3v) is 5.16. The maximum absolute atomic E-state index is 12.6. The Balaban J connectivity index is 1.69. The molecule has 1 saturated carbocycles. The summed E-state index contributed by atoms with van der Waals surface area (Å²) in [6.45, 7) is 0. The zero-order valence-electron chi connectivity index (χ0n) is 11.1. The first kappa shape index (κ1) is 12.2. The lowest BCUT2D eigenvalue weighted by Crippen LogP contribution is -2.06. The summed E-state index contributed by atoms with van der Waals surface area (Å²) >= 11 is 1.88. The van der Waals surface area contributed by atoms with Crippen LogP contribution in [-0.2, 0) is 6.42 Å².